The number of ketones is 1. The quantitative estimate of drug-likeness (QED) is 0.634. The summed E-state index contributed by atoms with van der Waals surface area (Å²) in [4.78, 5) is 23.3. The van der Waals surface area contributed by atoms with Crippen LogP contribution in [0.1, 0.15) is 73.1 Å². The first-order chi connectivity index (χ1) is 13.0. The van der Waals surface area contributed by atoms with Crippen molar-refractivity contribution < 1.29 is 4.79 Å². The molecule has 0 aromatic carbocycles. The molecule has 1 atom stereocenters. The molecule has 27 heavy (non-hydrogen) atoms. The van der Waals surface area contributed by atoms with E-state index in [4.69, 9.17) is 9.97 Å². The third-order valence-electron chi connectivity index (χ3n) is 5.51. The van der Waals surface area contributed by atoms with Gasteiger partial charge in [-0.1, -0.05) is 12.1 Å². The van der Waals surface area contributed by atoms with Gasteiger partial charge in [-0.15, -0.1) is 0 Å². The fraction of sp³-hybridized carbons (Fsp3) is 0.522. The molecule has 144 valence electrons. The van der Waals surface area contributed by atoms with Crippen LogP contribution in [0.15, 0.2) is 30.6 Å². The Morgan fingerprint density at radius 2 is 2.11 bits per heavy atom. The maximum Gasteiger partial charge on any atom is 0.129 e. The van der Waals surface area contributed by atoms with Crippen LogP contribution < -0.4 is 0 Å². The molecule has 2 aromatic heterocycles. The van der Waals surface area contributed by atoms with Crippen molar-refractivity contribution in [1.29, 1.82) is 0 Å². The van der Waals surface area contributed by atoms with Crippen molar-refractivity contribution in [3.8, 4) is 0 Å². The topological polar surface area (TPSA) is 46.1 Å². The number of carbonyl (C=O) groups excluding carboxylic acids is 1. The fourth-order valence-electron chi connectivity index (χ4n) is 4.08. The minimum atomic E-state index is 0.280. The zero-order chi connectivity index (χ0) is 19.2. The van der Waals surface area contributed by atoms with Gasteiger partial charge in [-0.25, -0.2) is 0 Å². The van der Waals surface area contributed by atoms with Gasteiger partial charge >= 0.3 is 0 Å². The lowest BCUT2D eigenvalue weighted by Gasteiger charge is -2.35. The lowest BCUT2D eigenvalue weighted by Crippen LogP contribution is -2.33. The summed E-state index contributed by atoms with van der Waals surface area (Å²) < 4.78 is 0. The van der Waals surface area contributed by atoms with Crippen molar-refractivity contribution >= 4 is 5.78 Å². The molecule has 0 spiro atoms. The van der Waals surface area contributed by atoms with E-state index in [9.17, 15) is 4.79 Å². The van der Waals surface area contributed by atoms with Crippen LogP contribution in [0.25, 0.3) is 0 Å². The molecule has 0 saturated carbocycles. The molecular formula is C23H31N3O. The van der Waals surface area contributed by atoms with Gasteiger partial charge in [-0.3, -0.25) is 14.9 Å². The van der Waals surface area contributed by atoms with E-state index in [1.54, 1.807) is 6.92 Å². The van der Waals surface area contributed by atoms with Gasteiger partial charge in [0.15, 0.2) is 0 Å². The highest BCUT2D eigenvalue weighted by molar-refractivity contribution is 5.75. The van der Waals surface area contributed by atoms with Crippen LogP contribution >= 0.6 is 0 Å². The van der Waals surface area contributed by atoms with Gasteiger partial charge < -0.3 is 4.79 Å². The zero-order valence-electron chi connectivity index (χ0n) is 16.9. The molecule has 1 aliphatic rings. The number of hydrogen-bond donors (Lipinski definition) is 0. The van der Waals surface area contributed by atoms with Crippen LogP contribution in [-0.2, 0) is 17.8 Å². The summed E-state index contributed by atoms with van der Waals surface area (Å²) in [5, 5.41) is 0. The predicted molar refractivity (Wildman–Crippen MR) is 109 cm³/mol. The fourth-order valence-corrected chi connectivity index (χ4v) is 4.08. The number of hydrogen-bond acceptors (Lipinski definition) is 4. The van der Waals surface area contributed by atoms with Crippen LogP contribution in [0, 0.1) is 13.8 Å². The molecule has 2 aromatic rings. The van der Waals surface area contributed by atoms with E-state index in [2.05, 4.69) is 30.9 Å². The lowest BCUT2D eigenvalue weighted by atomic mass is 9.90. The minimum Gasteiger partial charge on any atom is -0.300 e. The van der Waals surface area contributed by atoms with Crippen molar-refractivity contribution in [1.82, 2.24) is 14.9 Å². The van der Waals surface area contributed by atoms with E-state index < -0.39 is 0 Å². The average Bonchev–Trinajstić information content (AvgIpc) is 2.65. The Bertz CT molecular complexity index is 787. The maximum atomic E-state index is 11.3. The van der Waals surface area contributed by atoms with Gasteiger partial charge in [-0.2, -0.15) is 0 Å². The molecule has 3 rings (SSSR count). The second kappa shape index (κ2) is 9.23. The number of Topliss-reactive ketones (excluding diaryl/α,β-unsaturated/α-hetero) is 1. The predicted octanol–water partition coefficient (Wildman–Crippen LogP) is 4.73. The van der Waals surface area contributed by atoms with Crippen molar-refractivity contribution in [2.45, 2.75) is 71.9 Å². The van der Waals surface area contributed by atoms with E-state index in [1.165, 1.54) is 28.8 Å². The Morgan fingerprint density at radius 1 is 1.26 bits per heavy atom. The smallest absolute Gasteiger partial charge is 0.129 e. The van der Waals surface area contributed by atoms with Gasteiger partial charge in [0, 0.05) is 25.4 Å². The van der Waals surface area contributed by atoms with Gasteiger partial charge in [0.1, 0.15) is 5.78 Å². The molecule has 1 unspecified atom stereocenters. The van der Waals surface area contributed by atoms with E-state index in [0.717, 1.165) is 44.5 Å². The molecule has 0 radical (unpaired) electrons. The number of carbonyl (C=O) groups is 1. The van der Waals surface area contributed by atoms with E-state index >= 15 is 0 Å². The SMILES string of the molecule is CC(=O)CCCCN(Cc1ncc(C)cc1C)C1CCCc2cccnc21. The van der Waals surface area contributed by atoms with Gasteiger partial charge in [0.05, 0.1) is 17.4 Å². The largest absolute Gasteiger partial charge is 0.300 e. The van der Waals surface area contributed by atoms with Crippen LogP contribution in [0.3, 0.4) is 0 Å². The monoisotopic (exact) mass is 365 g/mol. The molecule has 0 aliphatic heterocycles. The molecule has 0 bridgehead atoms. The Hall–Kier alpha value is -2.07. The third kappa shape index (κ3) is 5.23. The summed E-state index contributed by atoms with van der Waals surface area (Å²) in [7, 11) is 0. The van der Waals surface area contributed by atoms with Crippen LogP contribution in [-0.4, -0.2) is 27.2 Å². The molecule has 4 heteroatoms. The maximum absolute atomic E-state index is 11.3. The van der Waals surface area contributed by atoms with Crippen molar-refractivity contribution in [3.63, 3.8) is 0 Å². The Morgan fingerprint density at radius 3 is 2.89 bits per heavy atom. The molecule has 1 aliphatic carbocycles. The highest BCUT2D eigenvalue weighted by atomic mass is 16.1. The number of aryl methyl sites for hydroxylation is 3. The van der Waals surface area contributed by atoms with Gasteiger partial charge in [0.25, 0.3) is 0 Å². The summed E-state index contributed by atoms with van der Waals surface area (Å²) in [6, 6.07) is 6.82. The highest BCUT2D eigenvalue weighted by Crippen LogP contribution is 2.34. The van der Waals surface area contributed by atoms with Crippen LogP contribution in [0.5, 0.6) is 0 Å². The van der Waals surface area contributed by atoms with Gasteiger partial charge in [0.2, 0.25) is 0 Å². The van der Waals surface area contributed by atoms with E-state index in [0.29, 0.717) is 12.5 Å². The van der Waals surface area contributed by atoms with E-state index in [1.807, 2.05) is 18.5 Å². The second-order valence-electron chi connectivity index (χ2n) is 7.86. The first kappa shape index (κ1) is 19.7. The molecule has 0 saturated heterocycles. The zero-order valence-corrected chi connectivity index (χ0v) is 16.9. The molecule has 0 fully saturated rings. The number of unbranched alkanes of at least 4 members (excludes halogenated alkanes) is 1. The molecular weight excluding hydrogens is 334 g/mol. The lowest BCUT2D eigenvalue weighted by molar-refractivity contribution is -0.117. The number of aromatic nitrogens is 2. The van der Waals surface area contributed by atoms with Gasteiger partial charge in [-0.05, 0) is 82.2 Å². The summed E-state index contributed by atoms with van der Waals surface area (Å²) in [6.45, 7) is 7.73. The Labute approximate surface area is 163 Å². The van der Waals surface area contributed by atoms with Crippen molar-refractivity contribution in [2.24, 2.45) is 0 Å². The van der Waals surface area contributed by atoms with E-state index in [-0.39, 0.29) is 5.78 Å². The first-order valence-electron chi connectivity index (χ1n) is 10.1. The summed E-state index contributed by atoms with van der Waals surface area (Å²) in [5.74, 6) is 0.280. The van der Waals surface area contributed by atoms with Crippen molar-refractivity contribution in [2.75, 3.05) is 6.54 Å². The Balaban J connectivity index is 1.80. The van der Waals surface area contributed by atoms with Crippen molar-refractivity contribution in [3.05, 3.63) is 58.7 Å². The summed E-state index contributed by atoms with van der Waals surface area (Å²) in [5.41, 5.74) is 6.22. The molecule has 2 heterocycles. The minimum absolute atomic E-state index is 0.280. The molecule has 0 N–H and O–H groups in total. The highest BCUT2D eigenvalue weighted by Gasteiger charge is 2.27. The average molecular weight is 366 g/mol. The third-order valence-corrected chi connectivity index (χ3v) is 5.51. The standard InChI is InChI=1S/C23H31N3O/c1-17-14-18(2)21(25-15-17)16-26(13-5-4-8-19(3)27)22-11-6-9-20-10-7-12-24-23(20)22/h7,10,12,14-15,22H,4-6,8-9,11,13,16H2,1-3H3. The summed E-state index contributed by atoms with van der Waals surface area (Å²) >= 11 is 0. The Kier molecular flexibility index (Phi) is 6.73. The van der Waals surface area contributed by atoms with Crippen LogP contribution in [0.4, 0.5) is 0 Å². The number of nitrogens with zero attached hydrogens (tertiary/aromatic N) is 3. The number of rotatable bonds is 8. The molecule has 0 amide bonds. The first-order valence-corrected chi connectivity index (χ1v) is 10.1. The normalized spacial score (nSPS) is 16.4. The second-order valence-corrected chi connectivity index (χ2v) is 7.86. The number of pyridine rings is 2. The summed E-state index contributed by atoms with van der Waals surface area (Å²) in [6.07, 6.45) is 10.0. The number of fused-ring (bicyclic) bond motifs is 1. The molecule has 4 nitrogen and oxygen atoms in total. The van der Waals surface area contributed by atoms with Crippen LogP contribution in [0.2, 0.25) is 0 Å².